The predicted octanol–water partition coefficient (Wildman–Crippen LogP) is 6.00. The number of rotatable bonds is 10. The summed E-state index contributed by atoms with van der Waals surface area (Å²) in [5.41, 5.74) is 2.59. The maximum atomic E-state index is 13.9. The van der Waals surface area contributed by atoms with Crippen LogP contribution < -0.4 is 20.1 Å². The predicted molar refractivity (Wildman–Crippen MR) is 184 cm³/mol. The number of ether oxygens (including phenoxy) is 4. The molecule has 0 saturated carbocycles. The molecule has 2 N–H and O–H groups in total. The minimum absolute atomic E-state index is 0.0144. The molecule has 1 fully saturated rings. The van der Waals surface area contributed by atoms with Gasteiger partial charge in [-0.25, -0.2) is 0 Å². The molecule has 0 bridgehead atoms. The second-order valence-electron chi connectivity index (χ2n) is 11.6. The molecule has 6 rings (SSSR count). The number of carbonyl (C=O) groups is 3. The van der Waals surface area contributed by atoms with E-state index in [9.17, 15) is 19.6 Å². The quantitative estimate of drug-likeness (QED) is 0.186. The van der Waals surface area contributed by atoms with Gasteiger partial charge in [0.25, 0.3) is 5.91 Å². The number of halogens is 1. The lowest BCUT2D eigenvalue weighted by Gasteiger charge is -2.25. The molecule has 0 radical (unpaired) electrons. The molecule has 2 aromatic carbocycles. The summed E-state index contributed by atoms with van der Waals surface area (Å²) in [6, 6.07) is 15.6. The van der Waals surface area contributed by atoms with Crippen LogP contribution in [0.25, 0.3) is 10.9 Å². The number of esters is 2. The Bertz CT molecular complexity index is 2030. The number of amides is 1. The standard InChI is InChI=1S/C36H33ClN6O7/c1-3-47-30-17-26-24(16-27(30)42-36(46)35-34(28-8-6-14-43(28)2)49-31(44)11-12-32(45)50-35)33(21(18-38)19-40-26)41-22-9-10-29(25(37)15-22)48-20-23-7-4-5-13-39-23/h4-5,7,9-10,13,15-17,19,28H,3,6,8,11-12,14,20H2,1-2H3,(H,40,41)(H,42,46)/b35-34+/t28-/m1/s1. The van der Waals surface area contributed by atoms with Crippen LogP contribution in [0.5, 0.6) is 11.5 Å². The van der Waals surface area contributed by atoms with Crippen LogP contribution in [0.4, 0.5) is 17.1 Å². The van der Waals surface area contributed by atoms with Gasteiger partial charge < -0.3 is 29.6 Å². The van der Waals surface area contributed by atoms with E-state index >= 15 is 0 Å². The van der Waals surface area contributed by atoms with Crippen molar-refractivity contribution >= 4 is 57.4 Å². The molecule has 4 heterocycles. The molecule has 256 valence electrons. The van der Waals surface area contributed by atoms with Gasteiger partial charge in [0.2, 0.25) is 5.76 Å². The van der Waals surface area contributed by atoms with Gasteiger partial charge in [-0.3, -0.25) is 29.3 Å². The number of fused-ring (bicyclic) bond motifs is 1. The molecule has 1 amide bonds. The molecule has 1 saturated heterocycles. The number of likely N-dealkylation sites (tertiary alicyclic amines) is 1. The van der Waals surface area contributed by atoms with Gasteiger partial charge in [0, 0.05) is 29.5 Å². The van der Waals surface area contributed by atoms with Crippen LogP contribution in [0.15, 0.2) is 72.4 Å². The number of likely N-dealkylation sites (N-methyl/N-ethyl adjacent to an activating group) is 1. The Morgan fingerprint density at radius 1 is 1.08 bits per heavy atom. The largest absolute Gasteiger partial charge is 0.492 e. The summed E-state index contributed by atoms with van der Waals surface area (Å²) in [6.07, 6.45) is 4.13. The zero-order valence-corrected chi connectivity index (χ0v) is 28.1. The molecule has 14 heteroatoms. The van der Waals surface area contributed by atoms with Crippen LogP contribution in [0.1, 0.15) is 43.9 Å². The van der Waals surface area contributed by atoms with E-state index < -0.39 is 29.6 Å². The molecule has 2 aliphatic heterocycles. The number of aromatic nitrogens is 2. The van der Waals surface area contributed by atoms with Gasteiger partial charge in [0.15, 0.2) is 5.76 Å². The number of anilines is 3. The molecule has 1 atom stereocenters. The lowest BCUT2D eigenvalue weighted by atomic mass is 10.1. The van der Waals surface area contributed by atoms with Crippen molar-refractivity contribution in [1.29, 1.82) is 5.26 Å². The number of cyclic esters (lactones) is 2. The van der Waals surface area contributed by atoms with Crippen LogP contribution in [-0.2, 0) is 30.5 Å². The lowest BCUT2D eigenvalue weighted by Crippen LogP contribution is -2.34. The van der Waals surface area contributed by atoms with Crippen LogP contribution in [0, 0.1) is 11.3 Å². The van der Waals surface area contributed by atoms with Gasteiger partial charge in [-0.2, -0.15) is 5.26 Å². The minimum Gasteiger partial charge on any atom is -0.492 e. The molecule has 2 aromatic heterocycles. The van der Waals surface area contributed by atoms with Crippen molar-refractivity contribution in [1.82, 2.24) is 14.9 Å². The summed E-state index contributed by atoms with van der Waals surface area (Å²) in [4.78, 5) is 49.8. The van der Waals surface area contributed by atoms with Crippen LogP contribution in [-0.4, -0.2) is 59.0 Å². The number of carbonyl (C=O) groups excluding carboxylic acids is 3. The maximum absolute atomic E-state index is 13.9. The minimum atomic E-state index is -0.810. The van der Waals surface area contributed by atoms with Crippen molar-refractivity contribution in [2.24, 2.45) is 0 Å². The van der Waals surface area contributed by atoms with E-state index in [0.29, 0.717) is 46.0 Å². The first kappa shape index (κ1) is 34.2. The first-order valence-electron chi connectivity index (χ1n) is 16.0. The van der Waals surface area contributed by atoms with E-state index in [0.717, 1.165) is 12.1 Å². The molecule has 0 spiro atoms. The smallest absolute Gasteiger partial charge is 0.312 e. The number of nitrogens with zero attached hydrogens (tertiary/aromatic N) is 4. The Morgan fingerprint density at radius 3 is 2.60 bits per heavy atom. The molecule has 13 nitrogen and oxygen atoms in total. The summed E-state index contributed by atoms with van der Waals surface area (Å²) < 4.78 is 22.9. The van der Waals surface area contributed by atoms with Crippen molar-refractivity contribution in [3.05, 3.63) is 88.7 Å². The molecule has 50 heavy (non-hydrogen) atoms. The highest BCUT2D eigenvalue weighted by atomic mass is 35.5. The van der Waals surface area contributed by atoms with E-state index in [1.165, 1.54) is 6.20 Å². The van der Waals surface area contributed by atoms with Gasteiger partial charge >= 0.3 is 11.9 Å². The number of nitriles is 1. The molecule has 4 aromatic rings. The van der Waals surface area contributed by atoms with Crippen molar-refractivity contribution in [2.45, 2.75) is 45.3 Å². The van der Waals surface area contributed by atoms with E-state index in [1.807, 2.05) is 30.1 Å². The maximum Gasteiger partial charge on any atom is 0.312 e. The number of nitrogens with one attached hydrogen (secondary N) is 2. The molecule has 2 aliphatic rings. The first-order valence-corrected chi connectivity index (χ1v) is 16.4. The average Bonchev–Trinajstić information content (AvgIpc) is 3.54. The van der Waals surface area contributed by atoms with Crippen molar-refractivity contribution < 1.29 is 33.3 Å². The van der Waals surface area contributed by atoms with Gasteiger partial charge in [-0.05, 0) is 69.8 Å². The monoisotopic (exact) mass is 696 g/mol. The number of pyridine rings is 2. The topological polar surface area (TPSA) is 165 Å². The Kier molecular flexibility index (Phi) is 10.4. The number of hydrogen-bond acceptors (Lipinski definition) is 12. The molecular formula is C36H33ClN6O7. The van der Waals surface area contributed by atoms with Gasteiger partial charge in [0.1, 0.15) is 24.2 Å². The Labute approximate surface area is 292 Å². The third-order valence-electron chi connectivity index (χ3n) is 8.17. The second kappa shape index (κ2) is 15.2. The van der Waals surface area contributed by atoms with Crippen molar-refractivity contribution in [3.63, 3.8) is 0 Å². The lowest BCUT2D eigenvalue weighted by molar-refractivity contribution is -0.151. The van der Waals surface area contributed by atoms with E-state index in [1.54, 1.807) is 43.5 Å². The van der Waals surface area contributed by atoms with Crippen molar-refractivity contribution in [3.8, 4) is 17.6 Å². The fourth-order valence-electron chi connectivity index (χ4n) is 5.72. The van der Waals surface area contributed by atoms with Crippen molar-refractivity contribution in [2.75, 3.05) is 30.8 Å². The Hall–Kier alpha value is -5.71. The zero-order chi connectivity index (χ0) is 35.2. The van der Waals surface area contributed by atoms with E-state index in [4.69, 9.17) is 30.5 Å². The molecular weight excluding hydrogens is 664 g/mol. The van der Waals surface area contributed by atoms with E-state index in [2.05, 4.69) is 26.7 Å². The zero-order valence-electron chi connectivity index (χ0n) is 27.3. The highest BCUT2D eigenvalue weighted by Gasteiger charge is 2.36. The Balaban J connectivity index is 1.35. The summed E-state index contributed by atoms with van der Waals surface area (Å²) in [6.45, 7) is 2.99. The number of benzene rings is 2. The van der Waals surface area contributed by atoms with Gasteiger partial charge in [0.05, 0.1) is 58.7 Å². The average molecular weight is 697 g/mol. The second-order valence-corrected chi connectivity index (χ2v) is 12.0. The summed E-state index contributed by atoms with van der Waals surface area (Å²) in [7, 11) is 1.84. The summed E-state index contributed by atoms with van der Waals surface area (Å²) in [5.74, 6) is -1.84. The first-order chi connectivity index (χ1) is 24.2. The third kappa shape index (κ3) is 7.62. The Morgan fingerprint density at radius 2 is 1.90 bits per heavy atom. The fraction of sp³-hybridized carbons (Fsp3) is 0.278. The van der Waals surface area contributed by atoms with Crippen LogP contribution in [0.2, 0.25) is 5.02 Å². The third-order valence-corrected chi connectivity index (χ3v) is 8.46. The molecule has 0 aliphatic carbocycles. The van der Waals surface area contributed by atoms with Crippen LogP contribution >= 0.6 is 11.6 Å². The van der Waals surface area contributed by atoms with Crippen LogP contribution in [0.3, 0.4) is 0 Å². The summed E-state index contributed by atoms with van der Waals surface area (Å²) in [5, 5.41) is 16.9. The van der Waals surface area contributed by atoms with Gasteiger partial charge in [-0.15, -0.1) is 0 Å². The molecule has 0 unspecified atom stereocenters. The highest BCUT2D eigenvalue weighted by molar-refractivity contribution is 6.32. The summed E-state index contributed by atoms with van der Waals surface area (Å²) >= 11 is 6.57. The van der Waals surface area contributed by atoms with E-state index in [-0.39, 0.29) is 48.8 Å². The number of hydrogen-bond donors (Lipinski definition) is 2. The SMILES string of the molecule is CCOc1cc2ncc(C#N)c(Nc3ccc(OCc4ccccn4)c(Cl)c3)c2cc1NC(=O)/C1=C(/[C@H]2CCCN2C)OC(=O)CCC(=O)O1. The highest BCUT2D eigenvalue weighted by Crippen LogP contribution is 2.38. The van der Waals surface area contributed by atoms with Gasteiger partial charge in [-0.1, -0.05) is 17.7 Å². The fourth-order valence-corrected chi connectivity index (χ4v) is 5.96. The normalized spacial score (nSPS) is 18.0.